The number of hydrogen-bond donors (Lipinski definition) is 0. The van der Waals surface area contributed by atoms with Crippen LogP contribution in [0.15, 0.2) is 47.8 Å². The minimum Gasteiger partial charge on any atom is -0.489 e. The molecule has 6 nitrogen and oxygen atoms in total. The fourth-order valence-electron chi connectivity index (χ4n) is 3.41. The molecule has 4 rings (SSSR count). The maximum Gasteiger partial charge on any atom is 0.273 e. The van der Waals surface area contributed by atoms with E-state index in [0.29, 0.717) is 48.2 Å². The SMILES string of the molecule is CC(=O)N1CCN(C(=O)c2csc(-c3ccc(OCc4c(F)cccc4Cl)cc3)n2)CC1. The molecular formula is C23H21ClFN3O3S. The van der Waals surface area contributed by atoms with Crippen LogP contribution in [0.5, 0.6) is 5.75 Å². The Morgan fingerprint density at radius 2 is 1.78 bits per heavy atom. The van der Waals surface area contributed by atoms with E-state index in [1.807, 2.05) is 12.1 Å². The van der Waals surface area contributed by atoms with E-state index in [0.717, 1.165) is 10.6 Å². The number of aromatic nitrogens is 1. The van der Waals surface area contributed by atoms with Crippen molar-refractivity contribution in [2.45, 2.75) is 13.5 Å². The van der Waals surface area contributed by atoms with Gasteiger partial charge in [0.15, 0.2) is 0 Å². The highest BCUT2D eigenvalue weighted by molar-refractivity contribution is 7.13. The Hall–Kier alpha value is -2.97. The summed E-state index contributed by atoms with van der Waals surface area (Å²) in [5, 5.41) is 2.79. The van der Waals surface area contributed by atoms with Gasteiger partial charge in [-0.15, -0.1) is 11.3 Å². The van der Waals surface area contributed by atoms with E-state index in [-0.39, 0.29) is 18.4 Å². The summed E-state index contributed by atoms with van der Waals surface area (Å²) in [6.07, 6.45) is 0. The number of carbonyl (C=O) groups is 2. The van der Waals surface area contributed by atoms with Crippen LogP contribution in [0, 0.1) is 5.82 Å². The molecule has 0 N–H and O–H groups in total. The van der Waals surface area contributed by atoms with Crippen molar-refractivity contribution in [2.75, 3.05) is 26.2 Å². The standard InChI is InChI=1S/C23H21ClFN3O3S/c1-15(29)27-9-11-28(12-10-27)23(30)21-14-32-22(26-21)16-5-7-17(8-6-16)31-13-18-19(24)3-2-4-20(18)25/h2-8,14H,9-13H2,1H3. The Balaban J connectivity index is 1.38. The van der Waals surface area contributed by atoms with Crippen LogP contribution in [0.1, 0.15) is 23.0 Å². The summed E-state index contributed by atoms with van der Waals surface area (Å²) in [7, 11) is 0. The lowest BCUT2D eigenvalue weighted by Gasteiger charge is -2.33. The fourth-order valence-corrected chi connectivity index (χ4v) is 4.43. The van der Waals surface area contributed by atoms with Gasteiger partial charge in [0, 0.05) is 49.6 Å². The van der Waals surface area contributed by atoms with E-state index in [2.05, 4.69) is 4.98 Å². The molecule has 1 saturated heterocycles. The Bertz CT molecular complexity index is 1110. The molecule has 0 atom stereocenters. The van der Waals surface area contributed by atoms with Crippen molar-refractivity contribution in [3.8, 4) is 16.3 Å². The minimum atomic E-state index is -0.406. The monoisotopic (exact) mass is 473 g/mol. The molecule has 1 aromatic heterocycles. The van der Waals surface area contributed by atoms with E-state index >= 15 is 0 Å². The summed E-state index contributed by atoms with van der Waals surface area (Å²) in [5.74, 6) is 0.0657. The molecule has 3 aromatic rings. The topological polar surface area (TPSA) is 62.7 Å². The Morgan fingerprint density at radius 1 is 1.09 bits per heavy atom. The molecule has 0 saturated carbocycles. The largest absolute Gasteiger partial charge is 0.489 e. The van der Waals surface area contributed by atoms with E-state index in [9.17, 15) is 14.0 Å². The normalized spacial score (nSPS) is 13.8. The van der Waals surface area contributed by atoms with Crippen LogP contribution in [-0.2, 0) is 11.4 Å². The van der Waals surface area contributed by atoms with Crippen molar-refractivity contribution in [1.29, 1.82) is 0 Å². The van der Waals surface area contributed by atoms with Gasteiger partial charge in [-0.3, -0.25) is 9.59 Å². The molecule has 0 bridgehead atoms. The molecule has 1 fully saturated rings. The number of benzene rings is 2. The van der Waals surface area contributed by atoms with Crippen molar-refractivity contribution < 1.29 is 18.7 Å². The lowest BCUT2D eigenvalue weighted by atomic mass is 10.2. The zero-order valence-electron chi connectivity index (χ0n) is 17.4. The zero-order chi connectivity index (χ0) is 22.7. The van der Waals surface area contributed by atoms with Gasteiger partial charge in [-0.05, 0) is 36.4 Å². The average Bonchev–Trinajstić information content (AvgIpc) is 3.29. The van der Waals surface area contributed by atoms with Gasteiger partial charge in [0.2, 0.25) is 5.91 Å². The number of hydrogen-bond acceptors (Lipinski definition) is 5. The van der Waals surface area contributed by atoms with Crippen LogP contribution < -0.4 is 4.74 Å². The number of amides is 2. The molecule has 9 heteroatoms. The number of nitrogens with zero attached hydrogens (tertiary/aromatic N) is 3. The molecule has 2 amide bonds. The maximum atomic E-state index is 13.9. The van der Waals surface area contributed by atoms with Gasteiger partial charge < -0.3 is 14.5 Å². The van der Waals surface area contributed by atoms with Crippen LogP contribution in [-0.4, -0.2) is 52.8 Å². The quantitative estimate of drug-likeness (QED) is 0.548. The molecule has 0 unspecified atom stereocenters. The first-order valence-corrected chi connectivity index (χ1v) is 11.3. The highest BCUT2D eigenvalue weighted by Crippen LogP contribution is 2.27. The molecule has 0 aliphatic carbocycles. The van der Waals surface area contributed by atoms with Crippen molar-refractivity contribution in [3.05, 3.63) is 69.9 Å². The van der Waals surface area contributed by atoms with Crippen molar-refractivity contribution in [2.24, 2.45) is 0 Å². The zero-order valence-corrected chi connectivity index (χ0v) is 19.0. The molecule has 2 aromatic carbocycles. The molecule has 0 radical (unpaired) electrons. The lowest BCUT2D eigenvalue weighted by Crippen LogP contribution is -2.50. The smallest absolute Gasteiger partial charge is 0.273 e. The van der Waals surface area contributed by atoms with E-state index in [4.69, 9.17) is 16.3 Å². The number of ether oxygens (including phenoxy) is 1. The van der Waals surface area contributed by atoms with E-state index in [1.54, 1.807) is 39.4 Å². The predicted octanol–water partition coefficient (Wildman–Crippen LogP) is 4.49. The van der Waals surface area contributed by atoms with Crippen molar-refractivity contribution in [1.82, 2.24) is 14.8 Å². The van der Waals surface area contributed by atoms with Gasteiger partial charge in [0.05, 0.1) is 5.02 Å². The first kappa shape index (κ1) is 22.2. The van der Waals surface area contributed by atoms with Gasteiger partial charge in [-0.1, -0.05) is 17.7 Å². The summed E-state index contributed by atoms with van der Waals surface area (Å²) in [4.78, 5) is 32.2. The molecule has 2 heterocycles. The summed E-state index contributed by atoms with van der Waals surface area (Å²) in [5.41, 5.74) is 1.56. The second-order valence-electron chi connectivity index (χ2n) is 7.35. The molecule has 166 valence electrons. The molecule has 1 aliphatic rings. The number of thiazole rings is 1. The van der Waals surface area contributed by atoms with Crippen molar-refractivity contribution in [3.63, 3.8) is 0 Å². The fraction of sp³-hybridized carbons (Fsp3) is 0.261. The number of rotatable bonds is 5. The Morgan fingerprint density at radius 3 is 2.44 bits per heavy atom. The Labute approximate surface area is 194 Å². The van der Waals surface area contributed by atoms with E-state index < -0.39 is 5.82 Å². The molecule has 1 aliphatic heterocycles. The van der Waals surface area contributed by atoms with Gasteiger partial charge in [-0.2, -0.15) is 0 Å². The molecule has 32 heavy (non-hydrogen) atoms. The average molecular weight is 474 g/mol. The van der Waals surface area contributed by atoms with Gasteiger partial charge in [-0.25, -0.2) is 9.37 Å². The molecular weight excluding hydrogens is 453 g/mol. The number of carbonyl (C=O) groups excluding carboxylic acids is 2. The van der Waals surface area contributed by atoms with Crippen LogP contribution in [0.3, 0.4) is 0 Å². The van der Waals surface area contributed by atoms with Gasteiger partial charge in [0.1, 0.15) is 28.9 Å². The Kier molecular flexibility index (Phi) is 6.72. The summed E-state index contributed by atoms with van der Waals surface area (Å²) in [6.45, 7) is 3.65. The third-order valence-corrected chi connectivity index (χ3v) is 6.53. The van der Waals surface area contributed by atoms with Crippen molar-refractivity contribution >= 4 is 34.8 Å². The second-order valence-corrected chi connectivity index (χ2v) is 8.61. The first-order chi connectivity index (χ1) is 15.4. The summed E-state index contributed by atoms with van der Waals surface area (Å²) < 4.78 is 19.5. The third kappa shape index (κ3) is 4.92. The first-order valence-electron chi connectivity index (χ1n) is 10.1. The predicted molar refractivity (Wildman–Crippen MR) is 121 cm³/mol. The van der Waals surface area contributed by atoms with E-state index in [1.165, 1.54) is 24.3 Å². The molecule has 0 spiro atoms. The minimum absolute atomic E-state index is 0.0254. The van der Waals surface area contributed by atoms with Crippen LogP contribution in [0.2, 0.25) is 5.02 Å². The van der Waals surface area contributed by atoms with Crippen LogP contribution in [0.25, 0.3) is 10.6 Å². The third-order valence-electron chi connectivity index (χ3n) is 5.28. The van der Waals surface area contributed by atoms with Gasteiger partial charge >= 0.3 is 0 Å². The lowest BCUT2D eigenvalue weighted by molar-refractivity contribution is -0.130. The van der Waals surface area contributed by atoms with Crippen LogP contribution >= 0.6 is 22.9 Å². The highest BCUT2D eigenvalue weighted by atomic mass is 35.5. The van der Waals surface area contributed by atoms with Crippen LogP contribution in [0.4, 0.5) is 4.39 Å². The highest BCUT2D eigenvalue weighted by Gasteiger charge is 2.25. The summed E-state index contributed by atoms with van der Waals surface area (Å²) >= 11 is 7.42. The number of piperazine rings is 1. The number of halogens is 2. The summed E-state index contributed by atoms with van der Waals surface area (Å²) in [6, 6.07) is 11.8. The maximum absolute atomic E-state index is 13.9. The second kappa shape index (κ2) is 9.67. The van der Waals surface area contributed by atoms with Gasteiger partial charge in [0.25, 0.3) is 5.91 Å².